The van der Waals surface area contributed by atoms with Crippen LogP contribution in [-0.4, -0.2) is 36.2 Å². The fourth-order valence-corrected chi connectivity index (χ4v) is 5.83. The van der Waals surface area contributed by atoms with Crippen LogP contribution in [0.1, 0.15) is 17.5 Å². The molecule has 3 heterocycles. The van der Waals surface area contributed by atoms with Crippen LogP contribution < -0.4 is 0 Å². The van der Waals surface area contributed by atoms with E-state index in [1.54, 1.807) is 0 Å². The lowest BCUT2D eigenvalue weighted by atomic mass is 9.94. The predicted octanol–water partition coefficient (Wildman–Crippen LogP) is 2.32. The monoisotopic (exact) mass is 345 g/mol. The number of rotatable bonds is 2. The molecule has 8 heteroatoms. The van der Waals surface area contributed by atoms with Gasteiger partial charge in [-0.15, -0.1) is 0 Å². The van der Waals surface area contributed by atoms with E-state index in [4.69, 9.17) is 4.74 Å². The molecule has 1 spiro atoms. The summed E-state index contributed by atoms with van der Waals surface area (Å²) in [5.74, 6) is 0. The van der Waals surface area contributed by atoms with Crippen molar-refractivity contribution in [3.8, 4) is 0 Å². The molecular weight excluding hydrogens is 331 g/mol. The van der Waals surface area contributed by atoms with Crippen LogP contribution in [0.25, 0.3) is 0 Å². The quantitative estimate of drug-likeness (QED) is 0.773. The van der Waals surface area contributed by atoms with Crippen LogP contribution in [0.15, 0.2) is 36.4 Å². The van der Waals surface area contributed by atoms with Crippen molar-refractivity contribution in [3.63, 3.8) is 0 Å². The number of hydrogen-bond acceptors (Lipinski definition) is 3. The first-order chi connectivity index (χ1) is 10.7. The minimum absolute atomic E-state index is 0.0561. The lowest BCUT2D eigenvalue weighted by molar-refractivity contribution is -0.137. The van der Waals surface area contributed by atoms with Crippen molar-refractivity contribution in [2.45, 2.75) is 36.1 Å². The molecule has 3 aliphatic rings. The zero-order chi connectivity index (χ0) is 16.5. The normalized spacial score (nSPS) is 34.9. The molecule has 4 rings (SSSR count). The molecule has 4 nitrogen and oxygen atoms in total. The van der Waals surface area contributed by atoms with Crippen LogP contribution in [0.4, 0.5) is 13.2 Å². The zero-order valence-corrected chi connectivity index (χ0v) is 12.8. The summed E-state index contributed by atoms with van der Waals surface area (Å²) in [6, 6.07) is 4.58. The van der Waals surface area contributed by atoms with Gasteiger partial charge >= 0.3 is 6.18 Å². The van der Waals surface area contributed by atoms with Crippen LogP contribution in [-0.2, 0) is 27.5 Å². The molecule has 0 N–H and O–H groups in total. The lowest BCUT2D eigenvalue weighted by Gasteiger charge is -2.19. The summed E-state index contributed by atoms with van der Waals surface area (Å²) >= 11 is 0. The Morgan fingerprint density at radius 1 is 1.26 bits per heavy atom. The number of nitrogens with zero attached hydrogens (tertiary/aromatic N) is 1. The van der Waals surface area contributed by atoms with Crippen LogP contribution in [0.2, 0.25) is 0 Å². The number of benzene rings is 1. The Hall–Kier alpha value is -1.38. The van der Waals surface area contributed by atoms with E-state index >= 15 is 0 Å². The topological polar surface area (TPSA) is 46.6 Å². The number of sulfonamides is 1. The van der Waals surface area contributed by atoms with Gasteiger partial charge < -0.3 is 4.74 Å². The van der Waals surface area contributed by atoms with Gasteiger partial charge in [0.15, 0.2) is 0 Å². The molecule has 23 heavy (non-hydrogen) atoms. The van der Waals surface area contributed by atoms with Crippen molar-refractivity contribution in [3.05, 3.63) is 47.5 Å². The van der Waals surface area contributed by atoms with E-state index < -0.39 is 32.6 Å². The van der Waals surface area contributed by atoms with E-state index in [2.05, 4.69) is 0 Å². The number of ether oxygens (including phenoxy) is 1. The highest BCUT2D eigenvalue weighted by Gasteiger charge is 2.63. The van der Waals surface area contributed by atoms with E-state index in [9.17, 15) is 21.6 Å². The second-order valence-corrected chi connectivity index (χ2v) is 8.32. The molecule has 1 aromatic carbocycles. The molecule has 0 unspecified atom stereocenters. The Bertz CT molecular complexity index is 772. The Balaban J connectivity index is 1.57. The fraction of sp³-hybridized carbons (Fsp3) is 0.467. The molecule has 0 radical (unpaired) electrons. The van der Waals surface area contributed by atoms with Crippen LogP contribution >= 0.6 is 0 Å². The average Bonchev–Trinajstić information content (AvgIpc) is 3.09. The standard InChI is InChI=1S/C15H14F3NO3S/c16-15(17,18)11-3-1-10(2-4-11)8-19-9-14-6-5-12(22-14)7-13(14)23(19,20)21/h1-6,12-13H,7-9H2/t12-,13+,14-/m1/s1. The maximum atomic E-state index is 12.6. The largest absolute Gasteiger partial charge is 0.416 e. The molecular formula is C15H14F3NO3S. The van der Waals surface area contributed by atoms with Crippen molar-refractivity contribution < 1.29 is 26.3 Å². The second-order valence-electron chi connectivity index (χ2n) is 6.20. The van der Waals surface area contributed by atoms with Gasteiger partial charge in [-0.05, 0) is 24.1 Å². The molecule has 2 saturated heterocycles. The molecule has 3 atom stereocenters. The van der Waals surface area contributed by atoms with E-state index in [1.165, 1.54) is 16.4 Å². The number of alkyl halides is 3. The highest BCUT2D eigenvalue weighted by atomic mass is 32.2. The summed E-state index contributed by atoms with van der Waals surface area (Å²) in [4.78, 5) is 0. The van der Waals surface area contributed by atoms with Crippen molar-refractivity contribution in [2.24, 2.45) is 0 Å². The van der Waals surface area contributed by atoms with Gasteiger partial charge in [0.25, 0.3) is 0 Å². The Morgan fingerprint density at radius 3 is 2.52 bits per heavy atom. The summed E-state index contributed by atoms with van der Waals surface area (Å²) in [5.41, 5.74) is -1.00. The van der Waals surface area contributed by atoms with Crippen molar-refractivity contribution in [1.82, 2.24) is 4.31 Å². The van der Waals surface area contributed by atoms with Gasteiger partial charge in [0.1, 0.15) is 10.9 Å². The number of halogens is 3. The van der Waals surface area contributed by atoms with Crippen LogP contribution in [0.3, 0.4) is 0 Å². The molecule has 0 aromatic heterocycles. The Morgan fingerprint density at radius 2 is 1.96 bits per heavy atom. The summed E-state index contributed by atoms with van der Waals surface area (Å²) in [6.07, 6.45) is -0.388. The average molecular weight is 345 g/mol. The molecule has 124 valence electrons. The first-order valence-corrected chi connectivity index (χ1v) is 8.73. The maximum Gasteiger partial charge on any atom is 0.416 e. The number of hydrogen-bond donors (Lipinski definition) is 0. The summed E-state index contributed by atoms with van der Waals surface area (Å²) in [7, 11) is -3.51. The van der Waals surface area contributed by atoms with Gasteiger partial charge in [0, 0.05) is 13.1 Å². The highest BCUT2D eigenvalue weighted by Crippen LogP contribution is 2.48. The second kappa shape index (κ2) is 4.58. The van der Waals surface area contributed by atoms with Gasteiger partial charge in [0.2, 0.25) is 10.0 Å². The van der Waals surface area contributed by atoms with E-state index in [1.807, 2.05) is 12.2 Å². The Labute approximate surface area is 131 Å². The van der Waals surface area contributed by atoms with E-state index in [0.717, 1.165) is 12.1 Å². The van der Waals surface area contributed by atoms with Crippen molar-refractivity contribution in [2.75, 3.05) is 6.54 Å². The third kappa shape index (κ3) is 2.23. The lowest BCUT2D eigenvalue weighted by Crippen LogP contribution is -2.36. The maximum absolute atomic E-state index is 12.6. The van der Waals surface area contributed by atoms with Crippen molar-refractivity contribution in [1.29, 1.82) is 0 Å². The van der Waals surface area contributed by atoms with Gasteiger partial charge in [0.05, 0.1) is 11.7 Å². The zero-order valence-electron chi connectivity index (χ0n) is 12.0. The molecule has 2 bridgehead atoms. The third-order valence-electron chi connectivity index (χ3n) is 4.74. The van der Waals surface area contributed by atoms with Crippen LogP contribution in [0, 0.1) is 0 Å². The fourth-order valence-electron chi connectivity index (χ4n) is 3.61. The predicted molar refractivity (Wildman–Crippen MR) is 75.9 cm³/mol. The highest BCUT2D eigenvalue weighted by molar-refractivity contribution is 7.90. The van der Waals surface area contributed by atoms with E-state index in [0.29, 0.717) is 12.0 Å². The Kier molecular flexibility index (Phi) is 3.02. The summed E-state index contributed by atoms with van der Waals surface area (Å²) < 4.78 is 70.0. The number of fused-ring (bicyclic) bond motifs is 1. The van der Waals surface area contributed by atoms with Crippen molar-refractivity contribution >= 4 is 10.0 Å². The molecule has 0 saturated carbocycles. The van der Waals surface area contributed by atoms with Crippen LogP contribution in [0.5, 0.6) is 0 Å². The molecule has 1 aromatic rings. The smallest absolute Gasteiger partial charge is 0.361 e. The summed E-state index contributed by atoms with van der Waals surface area (Å²) in [6.45, 7) is 0.272. The van der Waals surface area contributed by atoms with Gasteiger partial charge in [-0.25, -0.2) is 8.42 Å². The first kappa shape index (κ1) is 15.2. The minimum atomic E-state index is -4.40. The minimum Gasteiger partial charge on any atom is -0.361 e. The van der Waals surface area contributed by atoms with Gasteiger partial charge in [-0.3, -0.25) is 0 Å². The SMILES string of the molecule is O=S1(=O)[C@H]2C[C@H]3C=C[C@]2(CN1Cc1ccc(C(F)(F)F)cc1)O3. The summed E-state index contributed by atoms with van der Waals surface area (Å²) in [5, 5.41) is -0.584. The molecule has 0 aliphatic carbocycles. The molecule has 0 amide bonds. The van der Waals surface area contributed by atoms with Gasteiger partial charge in [-0.2, -0.15) is 17.5 Å². The first-order valence-electron chi connectivity index (χ1n) is 7.23. The van der Waals surface area contributed by atoms with E-state index in [-0.39, 0.29) is 19.2 Å². The molecule has 3 aliphatic heterocycles. The molecule has 2 fully saturated rings. The third-order valence-corrected chi connectivity index (χ3v) is 7.03. The van der Waals surface area contributed by atoms with Gasteiger partial charge in [-0.1, -0.05) is 24.3 Å².